The number of rotatable bonds is 1. The Bertz CT molecular complexity index is 374. The molecule has 0 saturated carbocycles. The predicted molar refractivity (Wildman–Crippen MR) is 37.5 cm³/mol. The Morgan fingerprint density at radius 2 is 2.25 bits per heavy atom. The van der Waals surface area contributed by atoms with Crippen LogP contribution < -0.4 is 0 Å². The first-order chi connectivity index (χ1) is 5.86. The SMILES string of the molecule is Fc1cccc(-c2ncon2)n1. The molecule has 2 aromatic rings. The second-order valence-corrected chi connectivity index (χ2v) is 2.10. The zero-order valence-electron chi connectivity index (χ0n) is 5.94. The molecule has 12 heavy (non-hydrogen) atoms. The van der Waals surface area contributed by atoms with Gasteiger partial charge in [0.25, 0.3) is 0 Å². The van der Waals surface area contributed by atoms with E-state index in [1.807, 2.05) is 0 Å². The van der Waals surface area contributed by atoms with E-state index in [9.17, 15) is 4.39 Å². The lowest BCUT2D eigenvalue weighted by molar-refractivity contribution is 0.418. The Balaban J connectivity index is 2.48. The molecule has 0 spiro atoms. The summed E-state index contributed by atoms with van der Waals surface area (Å²) in [5.74, 6) is -0.271. The van der Waals surface area contributed by atoms with E-state index in [1.54, 1.807) is 6.07 Å². The van der Waals surface area contributed by atoms with Crippen LogP contribution in [-0.4, -0.2) is 15.1 Å². The van der Waals surface area contributed by atoms with Crippen LogP contribution in [0.5, 0.6) is 0 Å². The molecule has 60 valence electrons. The van der Waals surface area contributed by atoms with Crippen LogP contribution in [-0.2, 0) is 0 Å². The lowest BCUT2D eigenvalue weighted by atomic mass is 10.3. The average molecular weight is 165 g/mol. The van der Waals surface area contributed by atoms with E-state index in [2.05, 4.69) is 19.6 Å². The monoisotopic (exact) mass is 165 g/mol. The average Bonchev–Trinajstić information content (AvgIpc) is 2.56. The van der Waals surface area contributed by atoms with Gasteiger partial charge in [-0.2, -0.15) is 9.37 Å². The van der Waals surface area contributed by atoms with Crippen molar-refractivity contribution in [2.75, 3.05) is 0 Å². The Hall–Kier alpha value is -1.78. The normalized spacial score (nSPS) is 10.1. The number of nitrogens with zero attached hydrogens (tertiary/aromatic N) is 3. The molecule has 0 radical (unpaired) electrons. The lowest BCUT2D eigenvalue weighted by Crippen LogP contribution is -1.87. The largest absolute Gasteiger partial charge is 0.342 e. The standard InChI is InChI=1S/C7H4FN3O/c8-6-3-1-2-5(10-6)7-9-4-12-11-7/h1-4H. The Morgan fingerprint density at radius 3 is 2.92 bits per heavy atom. The number of hydrogen-bond acceptors (Lipinski definition) is 4. The van der Waals surface area contributed by atoms with Crippen LogP contribution in [0.25, 0.3) is 11.5 Å². The van der Waals surface area contributed by atoms with E-state index in [1.165, 1.54) is 18.5 Å². The smallest absolute Gasteiger partial charge is 0.220 e. The fourth-order valence-electron chi connectivity index (χ4n) is 0.816. The first-order valence-corrected chi connectivity index (χ1v) is 3.25. The van der Waals surface area contributed by atoms with E-state index in [4.69, 9.17) is 0 Å². The van der Waals surface area contributed by atoms with Crippen LogP contribution in [0.4, 0.5) is 4.39 Å². The Kier molecular flexibility index (Phi) is 1.55. The number of halogens is 1. The van der Waals surface area contributed by atoms with Crippen LogP contribution in [0.2, 0.25) is 0 Å². The fourth-order valence-corrected chi connectivity index (χ4v) is 0.816. The van der Waals surface area contributed by atoms with Crippen LogP contribution in [0.1, 0.15) is 0 Å². The minimum atomic E-state index is -0.558. The minimum Gasteiger partial charge on any atom is -0.342 e. The number of hydrogen-bond donors (Lipinski definition) is 0. The topological polar surface area (TPSA) is 51.8 Å². The summed E-state index contributed by atoms with van der Waals surface area (Å²) in [5.41, 5.74) is 0.365. The molecule has 0 atom stereocenters. The second kappa shape index (κ2) is 2.69. The first kappa shape index (κ1) is 6.90. The quantitative estimate of drug-likeness (QED) is 0.597. The van der Waals surface area contributed by atoms with Gasteiger partial charge >= 0.3 is 0 Å². The van der Waals surface area contributed by atoms with Gasteiger partial charge in [-0.25, -0.2) is 4.98 Å². The van der Waals surface area contributed by atoms with Gasteiger partial charge in [0.2, 0.25) is 18.2 Å². The van der Waals surface area contributed by atoms with Crippen LogP contribution in [0.15, 0.2) is 29.1 Å². The van der Waals surface area contributed by atoms with E-state index in [0.29, 0.717) is 5.69 Å². The summed E-state index contributed by atoms with van der Waals surface area (Å²) in [7, 11) is 0. The molecule has 4 nitrogen and oxygen atoms in total. The highest BCUT2D eigenvalue weighted by Gasteiger charge is 2.04. The van der Waals surface area contributed by atoms with Crippen molar-refractivity contribution in [3.05, 3.63) is 30.5 Å². The highest BCUT2D eigenvalue weighted by atomic mass is 19.1. The molecule has 0 N–H and O–H groups in total. The summed E-state index contributed by atoms with van der Waals surface area (Å²) < 4.78 is 17.0. The molecule has 0 bridgehead atoms. The van der Waals surface area contributed by atoms with Crippen LogP contribution in [0.3, 0.4) is 0 Å². The van der Waals surface area contributed by atoms with Crippen molar-refractivity contribution in [2.24, 2.45) is 0 Å². The molecule has 0 aliphatic rings. The molecule has 2 aromatic heterocycles. The fraction of sp³-hybridized carbons (Fsp3) is 0. The molecular weight excluding hydrogens is 161 g/mol. The summed E-state index contributed by atoms with van der Waals surface area (Å²) in [5, 5.41) is 3.51. The third-order valence-electron chi connectivity index (χ3n) is 1.31. The van der Waals surface area contributed by atoms with Gasteiger partial charge in [-0.05, 0) is 12.1 Å². The molecule has 0 amide bonds. The second-order valence-electron chi connectivity index (χ2n) is 2.10. The van der Waals surface area contributed by atoms with Crippen molar-refractivity contribution in [3.63, 3.8) is 0 Å². The predicted octanol–water partition coefficient (Wildman–Crippen LogP) is 1.27. The molecule has 0 aromatic carbocycles. The van der Waals surface area contributed by atoms with Gasteiger partial charge in [-0.15, -0.1) is 0 Å². The third kappa shape index (κ3) is 1.16. The van der Waals surface area contributed by atoms with E-state index < -0.39 is 5.95 Å². The molecule has 0 aliphatic carbocycles. The third-order valence-corrected chi connectivity index (χ3v) is 1.31. The van der Waals surface area contributed by atoms with E-state index >= 15 is 0 Å². The van der Waals surface area contributed by atoms with Gasteiger partial charge in [-0.1, -0.05) is 11.2 Å². The van der Waals surface area contributed by atoms with Gasteiger partial charge in [0.15, 0.2) is 0 Å². The first-order valence-electron chi connectivity index (χ1n) is 3.25. The highest BCUT2D eigenvalue weighted by Crippen LogP contribution is 2.10. The summed E-state index contributed by atoms with van der Waals surface area (Å²) in [6, 6.07) is 4.39. The molecule has 2 heterocycles. The summed E-state index contributed by atoms with van der Waals surface area (Å²) >= 11 is 0. The highest BCUT2D eigenvalue weighted by molar-refractivity contribution is 5.46. The maximum Gasteiger partial charge on any atom is 0.220 e. The minimum absolute atomic E-state index is 0.287. The van der Waals surface area contributed by atoms with Gasteiger partial charge < -0.3 is 4.52 Å². The molecule has 0 fully saturated rings. The summed E-state index contributed by atoms with van der Waals surface area (Å²) in [4.78, 5) is 7.28. The van der Waals surface area contributed by atoms with E-state index in [0.717, 1.165) is 0 Å². The van der Waals surface area contributed by atoms with Crippen molar-refractivity contribution in [2.45, 2.75) is 0 Å². The van der Waals surface area contributed by atoms with Crippen molar-refractivity contribution in [1.82, 2.24) is 15.1 Å². The van der Waals surface area contributed by atoms with Crippen LogP contribution in [0, 0.1) is 5.95 Å². The van der Waals surface area contributed by atoms with Gasteiger partial charge in [0.1, 0.15) is 5.69 Å². The Labute approximate surface area is 67.1 Å². The van der Waals surface area contributed by atoms with E-state index in [-0.39, 0.29) is 5.82 Å². The molecular formula is C7H4FN3O. The zero-order chi connectivity index (χ0) is 8.39. The van der Waals surface area contributed by atoms with Gasteiger partial charge in [0, 0.05) is 0 Å². The number of pyridine rings is 1. The maximum atomic E-state index is 12.6. The van der Waals surface area contributed by atoms with Crippen LogP contribution >= 0.6 is 0 Å². The van der Waals surface area contributed by atoms with Gasteiger partial charge in [0.05, 0.1) is 0 Å². The van der Waals surface area contributed by atoms with Crippen molar-refractivity contribution >= 4 is 0 Å². The summed E-state index contributed by atoms with van der Waals surface area (Å²) in [6.07, 6.45) is 1.17. The molecule has 0 saturated heterocycles. The molecule has 5 heteroatoms. The summed E-state index contributed by atoms with van der Waals surface area (Å²) in [6.45, 7) is 0. The zero-order valence-corrected chi connectivity index (χ0v) is 5.94. The maximum absolute atomic E-state index is 12.6. The lowest BCUT2D eigenvalue weighted by Gasteiger charge is -1.91. The van der Waals surface area contributed by atoms with Crippen molar-refractivity contribution in [3.8, 4) is 11.5 Å². The Morgan fingerprint density at radius 1 is 1.33 bits per heavy atom. The van der Waals surface area contributed by atoms with Crippen molar-refractivity contribution < 1.29 is 8.91 Å². The van der Waals surface area contributed by atoms with Crippen molar-refractivity contribution in [1.29, 1.82) is 0 Å². The molecule has 0 unspecified atom stereocenters. The molecule has 2 rings (SSSR count). The van der Waals surface area contributed by atoms with Gasteiger partial charge in [-0.3, -0.25) is 0 Å². The number of aromatic nitrogens is 3. The molecule has 0 aliphatic heterocycles.